The number of rotatable bonds is 6. The van der Waals surface area contributed by atoms with Crippen molar-refractivity contribution < 1.29 is 9.53 Å². The Morgan fingerprint density at radius 1 is 1.28 bits per heavy atom. The molecule has 0 aliphatic rings. The first-order valence-corrected chi connectivity index (χ1v) is 6.45. The van der Waals surface area contributed by atoms with Crippen LogP contribution in [0.1, 0.15) is 37.6 Å². The summed E-state index contributed by atoms with van der Waals surface area (Å²) in [5.74, 6) is 0.654. The van der Waals surface area contributed by atoms with Crippen molar-refractivity contribution in [1.29, 1.82) is 0 Å². The highest BCUT2D eigenvalue weighted by Crippen LogP contribution is 2.20. The molecule has 4 heteroatoms. The van der Waals surface area contributed by atoms with Crippen LogP contribution in [0.25, 0.3) is 0 Å². The van der Waals surface area contributed by atoms with Gasteiger partial charge in [0.1, 0.15) is 5.75 Å². The summed E-state index contributed by atoms with van der Waals surface area (Å²) in [5.41, 5.74) is 6.94. The van der Waals surface area contributed by atoms with Crippen molar-refractivity contribution in [3.05, 3.63) is 23.8 Å². The Kier molecular flexibility index (Phi) is 5.49. The van der Waals surface area contributed by atoms with Crippen LogP contribution in [0, 0.1) is 0 Å². The van der Waals surface area contributed by atoms with E-state index in [2.05, 4.69) is 6.92 Å². The van der Waals surface area contributed by atoms with Gasteiger partial charge in [-0.1, -0.05) is 6.92 Å². The maximum absolute atomic E-state index is 12.3. The van der Waals surface area contributed by atoms with E-state index >= 15 is 0 Å². The molecule has 0 saturated heterocycles. The number of nitrogens with two attached hydrogens (primary N) is 1. The minimum absolute atomic E-state index is 0.00704. The molecule has 1 aromatic rings. The Labute approximate surface area is 109 Å². The predicted octanol–water partition coefficient (Wildman–Crippen LogP) is 2.54. The average Bonchev–Trinajstić information content (AvgIpc) is 2.35. The molecule has 1 aromatic carbocycles. The van der Waals surface area contributed by atoms with Crippen molar-refractivity contribution in [2.45, 2.75) is 27.2 Å². The lowest BCUT2D eigenvalue weighted by molar-refractivity contribution is 0.0764. The van der Waals surface area contributed by atoms with E-state index in [-0.39, 0.29) is 5.91 Å². The monoisotopic (exact) mass is 250 g/mol. The van der Waals surface area contributed by atoms with Crippen LogP contribution in [0.5, 0.6) is 5.75 Å². The molecule has 4 nitrogen and oxygen atoms in total. The lowest BCUT2D eigenvalue weighted by atomic mass is 10.1. The SMILES string of the molecule is CCCN(CC)C(=O)c1cc(N)cc(OCC)c1. The Morgan fingerprint density at radius 2 is 2.00 bits per heavy atom. The van der Waals surface area contributed by atoms with Crippen LogP contribution in [-0.2, 0) is 0 Å². The molecule has 0 aliphatic heterocycles. The van der Waals surface area contributed by atoms with E-state index in [4.69, 9.17) is 10.5 Å². The first kappa shape index (κ1) is 14.4. The molecule has 0 radical (unpaired) electrons. The van der Waals surface area contributed by atoms with Crippen molar-refractivity contribution in [2.24, 2.45) is 0 Å². The lowest BCUT2D eigenvalue weighted by Crippen LogP contribution is -2.31. The molecular formula is C14H22N2O2. The number of benzene rings is 1. The number of carbonyl (C=O) groups excluding carboxylic acids is 1. The summed E-state index contributed by atoms with van der Waals surface area (Å²) >= 11 is 0. The van der Waals surface area contributed by atoms with Crippen molar-refractivity contribution in [1.82, 2.24) is 4.90 Å². The Balaban J connectivity index is 2.96. The highest BCUT2D eigenvalue weighted by Gasteiger charge is 2.14. The van der Waals surface area contributed by atoms with Gasteiger partial charge in [0.05, 0.1) is 6.61 Å². The molecular weight excluding hydrogens is 228 g/mol. The summed E-state index contributed by atoms with van der Waals surface area (Å²) in [5, 5.41) is 0. The highest BCUT2D eigenvalue weighted by molar-refractivity contribution is 5.95. The zero-order valence-electron chi connectivity index (χ0n) is 11.4. The van der Waals surface area contributed by atoms with Crippen LogP contribution in [0.15, 0.2) is 18.2 Å². The largest absolute Gasteiger partial charge is 0.494 e. The van der Waals surface area contributed by atoms with Crippen molar-refractivity contribution in [3.63, 3.8) is 0 Å². The first-order chi connectivity index (χ1) is 8.62. The van der Waals surface area contributed by atoms with Gasteiger partial charge in [0.2, 0.25) is 0 Å². The van der Waals surface area contributed by atoms with Crippen LogP contribution in [0.3, 0.4) is 0 Å². The molecule has 0 saturated carbocycles. The van der Waals surface area contributed by atoms with Crippen LogP contribution in [-0.4, -0.2) is 30.5 Å². The summed E-state index contributed by atoms with van der Waals surface area (Å²) in [4.78, 5) is 14.1. The number of hydrogen-bond acceptors (Lipinski definition) is 3. The molecule has 2 N–H and O–H groups in total. The second-order valence-electron chi connectivity index (χ2n) is 4.11. The van der Waals surface area contributed by atoms with Gasteiger partial charge in [-0.25, -0.2) is 0 Å². The summed E-state index contributed by atoms with van der Waals surface area (Å²) in [6, 6.07) is 5.18. The topological polar surface area (TPSA) is 55.6 Å². The van der Waals surface area contributed by atoms with Gasteiger partial charge < -0.3 is 15.4 Å². The minimum atomic E-state index is 0.00704. The molecule has 1 rings (SSSR count). The minimum Gasteiger partial charge on any atom is -0.494 e. The fourth-order valence-electron chi connectivity index (χ4n) is 1.85. The maximum atomic E-state index is 12.3. The Hall–Kier alpha value is -1.71. The van der Waals surface area contributed by atoms with Crippen LogP contribution < -0.4 is 10.5 Å². The smallest absolute Gasteiger partial charge is 0.254 e. The number of carbonyl (C=O) groups is 1. The van der Waals surface area contributed by atoms with Gasteiger partial charge in [0, 0.05) is 30.4 Å². The molecule has 0 unspecified atom stereocenters. The average molecular weight is 250 g/mol. The first-order valence-electron chi connectivity index (χ1n) is 6.45. The molecule has 0 spiro atoms. The Bertz CT molecular complexity index is 405. The zero-order chi connectivity index (χ0) is 13.5. The molecule has 100 valence electrons. The molecule has 18 heavy (non-hydrogen) atoms. The second kappa shape index (κ2) is 6.89. The van der Waals surface area contributed by atoms with Crippen molar-refractivity contribution in [3.8, 4) is 5.75 Å². The summed E-state index contributed by atoms with van der Waals surface area (Å²) in [6.45, 7) is 7.95. The molecule has 0 aromatic heterocycles. The van der Waals surface area contributed by atoms with Crippen molar-refractivity contribution >= 4 is 11.6 Å². The number of ether oxygens (including phenoxy) is 1. The summed E-state index contributed by atoms with van der Waals surface area (Å²) < 4.78 is 5.40. The van der Waals surface area contributed by atoms with Gasteiger partial charge in [-0.3, -0.25) is 4.79 Å². The lowest BCUT2D eigenvalue weighted by Gasteiger charge is -2.20. The van der Waals surface area contributed by atoms with E-state index in [0.717, 1.165) is 13.0 Å². The van der Waals surface area contributed by atoms with E-state index in [1.54, 1.807) is 18.2 Å². The van der Waals surface area contributed by atoms with Crippen molar-refractivity contribution in [2.75, 3.05) is 25.4 Å². The van der Waals surface area contributed by atoms with E-state index in [9.17, 15) is 4.79 Å². The van der Waals surface area contributed by atoms with Crippen LogP contribution in [0.4, 0.5) is 5.69 Å². The maximum Gasteiger partial charge on any atom is 0.254 e. The number of anilines is 1. The molecule has 0 aliphatic carbocycles. The predicted molar refractivity (Wildman–Crippen MR) is 73.9 cm³/mol. The molecule has 0 atom stereocenters. The fraction of sp³-hybridized carbons (Fsp3) is 0.500. The third kappa shape index (κ3) is 3.65. The van der Waals surface area contributed by atoms with Crippen LogP contribution in [0.2, 0.25) is 0 Å². The van der Waals surface area contributed by atoms with E-state index < -0.39 is 0 Å². The van der Waals surface area contributed by atoms with Gasteiger partial charge in [-0.2, -0.15) is 0 Å². The number of nitrogens with zero attached hydrogens (tertiary/aromatic N) is 1. The fourth-order valence-corrected chi connectivity index (χ4v) is 1.85. The second-order valence-corrected chi connectivity index (χ2v) is 4.11. The van der Waals surface area contributed by atoms with E-state index in [1.165, 1.54) is 0 Å². The number of nitrogen functional groups attached to an aromatic ring is 1. The molecule has 0 heterocycles. The standard InChI is InChI=1S/C14H22N2O2/c1-4-7-16(5-2)14(17)11-8-12(15)10-13(9-11)18-6-3/h8-10H,4-7,15H2,1-3H3. The van der Waals surface area contributed by atoms with Gasteiger partial charge in [0.25, 0.3) is 5.91 Å². The van der Waals surface area contributed by atoms with E-state index in [1.807, 2.05) is 18.7 Å². The quantitative estimate of drug-likeness (QED) is 0.789. The third-order valence-electron chi connectivity index (χ3n) is 2.65. The third-order valence-corrected chi connectivity index (χ3v) is 2.65. The summed E-state index contributed by atoms with van der Waals surface area (Å²) in [7, 11) is 0. The molecule has 1 amide bonds. The normalized spacial score (nSPS) is 10.2. The van der Waals surface area contributed by atoms with E-state index in [0.29, 0.717) is 30.2 Å². The van der Waals surface area contributed by atoms with Gasteiger partial charge >= 0.3 is 0 Å². The molecule has 0 bridgehead atoms. The number of hydrogen-bond donors (Lipinski definition) is 1. The van der Waals surface area contributed by atoms with Gasteiger partial charge in [-0.15, -0.1) is 0 Å². The summed E-state index contributed by atoms with van der Waals surface area (Å²) in [6.07, 6.45) is 0.945. The van der Waals surface area contributed by atoms with Gasteiger partial charge in [-0.05, 0) is 32.4 Å². The Morgan fingerprint density at radius 3 is 2.56 bits per heavy atom. The highest BCUT2D eigenvalue weighted by atomic mass is 16.5. The van der Waals surface area contributed by atoms with Gasteiger partial charge in [0.15, 0.2) is 0 Å². The molecule has 0 fully saturated rings. The zero-order valence-corrected chi connectivity index (χ0v) is 11.4. The number of amides is 1. The van der Waals surface area contributed by atoms with Crippen LogP contribution >= 0.6 is 0 Å².